The van der Waals surface area contributed by atoms with E-state index in [-0.39, 0.29) is 10.6 Å². The number of benzene rings is 2. The van der Waals surface area contributed by atoms with E-state index in [1.807, 2.05) is 0 Å². The molecule has 0 saturated carbocycles. The summed E-state index contributed by atoms with van der Waals surface area (Å²) in [5, 5.41) is 3.09. The average Bonchev–Trinajstić information content (AvgIpc) is 2.36. The van der Waals surface area contributed by atoms with Crippen molar-refractivity contribution < 1.29 is 13.2 Å². The van der Waals surface area contributed by atoms with Crippen molar-refractivity contribution in [3.05, 3.63) is 62.8 Å². The van der Waals surface area contributed by atoms with Crippen LogP contribution < -0.4 is 5.32 Å². The highest BCUT2D eigenvalue weighted by Crippen LogP contribution is 2.34. The number of anilines is 1. The van der Waals surface area contributed by atoms with E-state index < -0.39 is 23.5 Å². The summed E-state index contributed by atoms with van der Waals surface area (Å²) in [7, 11) is 0. The molecule has 20 heavy (non-hydrogen) atoms. The van der Waals surface area contributed by atoms with Crippen molar-refractivity contribution in [3.63, 3.8) is 0 Å². The summed E-state index contributed by atoms with van der Waals surface area (Å²) >= 11 is 9.11. The Morgan fingerprint density at radius 1 is 1.20 bits per heavy atom. The largest absolute Gasteiger partial charge is 0.376 e. The molecule has 0 aliphatic rings. The maximum Gasteiger partial charge on any atom is 0.164 e. The molecule has 0 aliphatic carbocycles. The Balaban J connectivity index is 2.33. The lowest BCUT2D eigenvalue weighted by atomic mass is 10.1. The van der Waals surface area contributed by atoms with Gasteiger partial charge in [0.05, 0.1) is 16.8 Å². The van der Waals surface area contributed by atoms with E-state index in [9.17, 15) is 13.2 Å². The van der Waals surface area contributed by atoms with Crippen LogP contribution >= 0.6 is 27.5 Å². The Bertz CT molecular complexity index is 625. The van der Waals surface area contributed by atoms with Gasteiger partial charge in [-0.25, -0.2) is 13.2 Å². The molecule has 0 fully saturated rings. The summed E-state index contributed by atoms with van der Waals surface area (Å²) in [6.07, 6.45) is 0. The molecular formula is C14H10BrClF3N. The molecule has 0 spiro atoms. The topological polar surface area (TPSA) is 12.0 Å². The molecule has 1 N–H and O–H groups in total. The van der Waals surface area contributed by atoms with Crippen molar-refractivity contribution in [3.8, 4) is 0 Å². The summed E-state index contributed by atoms with van der Waals surface area (Å²) in [6.45, 7) is 1.66. The maximum atomic E-state index is 13.7. The lowest BCUT2D eigenvalue weighted by Crippen LogP contribution is -2.10. The van der Waals surface area contributed by atoms with Crippen LogP contribution in [0.25, 0.3) is 0 Å². The highest BCUT2D eigenvalue weighted by Gasteiger charge is 2.17. The lowest BCUT2D eigenvalue weighted by Gasteiger charge is -2.18. The summed E-state index contributed by atoms with van der Waals surface area (Å²) in [5.41, 5.74) is 0.585. The normalized spacial score (nSPS) is 12.3. The van der Waals surface area contributed by atoms with E-state index in [2.05, 4.69) is 21.2 Å². The van der Waals surface area contributed by atoms with Crippen molar-refractivity contribution in [2.24, 2.45) is 0 Å². The molecule has 2 aromatic rings. The lowest BCUT2D eigenvalue weighted by molar-refractivity contribution is 0.494. The minimum Gasteiger partial charge on any atom is -0.376 e. The Morgan fingerprint density at radius 3 is 2.55 bits per heavy atom. The van der Waals surface area contributed by atoms with Crippen LogP contribution in [0.3, 0.4) is 0 Å². The minimum atomic E-state index is -0.916. The van der Waals surface area contributed by atoms with E-state index >= 15 is 0 Å². The third-order valence-electron chi connectivity index (χ3n) is 2.82. The van der Waals surface area contributed by atoms with Crippen molar-refractivity contribution >= 4 is 33.2 Å². The first-order chi connectivity index (χ1) is 9.40. The molecule has 6 heteroatoms. The van der Waals surface area contributed by atoms with E-state index in [1.54, 1.807) is 6.92 Å². The zero-order chi connectivity index (χ0) is 14.9. The van der Waals surface area contributed by atoms with E-state index in [0.717, 1.165) is 12.1 Å². The van der Waals surface area contributed by atoms with E-state index in [4.69, 9.17) is 11.6 Å². The zero-order valence-corrected chi connectivity index (χ0v) is 12.7. The molecule has 2 aromatic carbocycles. The van der Waals surface area contributed by atoms with Gasteiger partial charge in [0.25, 0.3) is 0 Å². The van der Waals surface area contributed by atoms with Gasteiger partial charge in [-0.15, -0.1) is 0 Å². The fourth-order valence-corrected chi connectivity index (χ4v) is 2.75. The van der Waals surface area contributed by atoms with Crippen LogP contribution in [-0.4, -0.2) is 0 Å². The second-order valence-electron chi connectivity index (χ2n) is 4.25. The van der Waals surface area contributed by atoms with Crippen molar-refractivity contribution in [2.45, 2.75) is 13.0 Å². The number of hydrogen-bond donors (Lipinski definition) is 1. The van der Waals surface area contributed by atoms with Crippen LogP contribution in [0.2, 0.25) is 5.02 Å². The minimum absolute atomic E-state index is 0.153. The van der Waals surface area contributed by atoms with Gasteiger partial charge in [0.1, 0.15) is 5.82 Å². The molecule has 0 heterocycles. The molecule has 0 aliphatic heterocycles. The van der Waals surface area contributed by atoms with Crippen LogP contribution in [0.5, 0.6) is 0 Å². The summed E-state index contributed by atoms with van der Waals surface area (Å²) in [5.74, 6) is -2.32. The van der Waals surface area contributed by atoms with Gasteiger partial charge in [-0.1, -0.05) is 23.7 Å². The fraction of sp³-hybridized carbons (Fsp3) is 0.143. The maximum absolute atomic E-state index is 13.7. The smallest absolute Gasteiger partial charge is 0.164 e. The summed E-state index contributed by atoms with van der Waals surface area (Å²) < 4.78 is 40.4. The molecule has 106 valence electrons. The molecule has 2 rings (SSSR count). The van der Waals surface area contributed by atoms with Gasteiger partial charge in [-0.2, -0.15) is 0 Å². The molecule has 1 unspecified atom stereocenters. The van der Waals surface area contributed by atoms with Gasteiger partial charge in [-0.05, 0) is 41.1 Å². The van der Waals surface area contributed by atoms with Crippen LogP contribution in [0, 0.1) is 17.5 Å². The standard InChI is InChI=1S/C14H10BrClF3N/c1-7(9-3-2-4-12(18)13(9)19)20-14-10(15)5-8(17)6-11(14)16/h2-7,20H,1H3. The Labute approximate surface area is 127 Å². The molecule has 0 amide bonds. The Morgan fingerprint density at radius 2 is 1.90 bits per heavy atom. The van der Waals surface area contributed by atoms with Crippen LogP contribution in [-0.2, 0) is 0 Å². The van der Waals surface area contributed by atoms with Crippen molar-refractivity contribution in [1.29, 1.82) is 0 Å². The molecular weight excluding hydrogens is 355 g/mol. The highest BCUT2D eigenvalue weighted by molar-refractivity contribution is 9.10. The predicted molar refractivity (Wildman–Crippen MR) is 77.5 cm³/mol. The zero-order valence-electron chi connectivity index (χ0n) is 10.4. The molecule has 1 nitrogen and oxygen atoms in total. The summed E-state index contributed by atoms with van der Waals surface area (Å²) in [6, 6.07) is 5.79. The SMILES string of the molecule is CC(Nc1c(Cl)cc(F)cc1Br)c1cccc(F)c1F. The third-order valence-corrected chi connectivity index (χ3v) is 3.74. The van der Waals surface area contributed by atoms with Crippen LogP contribution in [0.1, 0.15) is 18.5 Å². The number of hydrogen-bond acceptors (Lipinski definition) is 1. The quantitative estimate of drug-likeness (QED) is 0.737. The van der Waals surface area contributed by atoms with Crippen LogP contribution in [0.4, 0.5) is 18.9 Å². The third kappa shape index (κ3) is 3.10. The van der Waals surface area contributed by atoms with Gasteiger partial charge in [-0.3, -0.25) is 0 Å². The number of rotatable bonds is 3. The van der Waals surface area contributed by atoms with Gasteiger partial charge in [0.15, 0.2) is 11.6 Å². The first-order valence-corrected chi connectivity index (χ1v) is 6.92. The molecule has 0 bridgehead atoms. The van der Waals surface area contributed by atoms with Gasteiger partial charge < -0.3 is 5.32 Å². The monoisotopic (exact) mass is 363 g/mol. The van der Waals surface area contributed by atoms with Crippen molar-refractivity contribution in [1.82, 2.24) is 0 Å². The van der Waals surface area contributed by atoms with Gasteiger partial charge in [0.2, 0.25) is 0 Å². The van der Waals surface area contributed by atoms with E-state index in [1.165, 1.54) is 18.2 Å². The average molecular weight is 365 g/mol. The molecule has 0 radical (unpaired) electrons. The molecule has 0 saturated heterocycles. The number of halogens is 5. The van der Waals surface area contributed by atoms with E-state index in [0.29, 0.717) is 10.2 Å². The highest BCUT2D eigenvalue weighted by atomic mass is 79.9. The van der Waals surface area contributed by atoms with Crippen molar-refractivity contribution in [2.75, 3.05) is 5.32 Å². The van der Waals surface area contributed by atoms with Gasteiger partial charge >= 0.3 is 0 Å². The number of nitrogens with one attached hydrogen (secondary N) is 1. The molecule has 0 aromatic heterocycles. The Hall–Kier alpha value is -1.20. The van der Waals surface area contributed by atoms with Crippen LogP contribution in [0.15, 0.2) is 34.8 Å². The summed E-state index contributed by atoms with van der Waals surface area (Å²) in [4.78, 5) is 0. The first kappa shape index (κ1) is 15.2. The first-order valence-electron chi connectivity index (χ1n) is 5.75. The Kier molecular flexibility index (Phi) is 4.60. The second-order valence-corrected chi connectivity index (χ2v) is 5.52. The molecule has 1 atom stereocenters. The van der Waals surface area contributed by atoms with Gasteiger partial charge in [0, 0.05) is 10.0 Å². The second kappa shape index (κ2) is 6.06. The fourth-order valence-electron chi connectivity index (χ4n) is 1.83. The predicted octanol–water partition coefficient (Wildman–Crippen LogP) is 5.69.